The van der Waals surface area contributed by atoms with E-state index in [4.69, 9.17) is 9.47 Å². The summed E-state index contributed by atoms with van der Waals surface area (Å²) in [5, 5.41) is 0. The van der Waals surface area contributed by atoms with Gasteiger partial charge in [-0.2, -0.15) is 0 Å². The lowest BCUT2D eigenvalue weighted by atomic mass is 9.82. The Hall–Kier alpha value is -1.06. The van der Waals surface area contributed by atoms with E-state index in [1.807, 2.05) is 13.8 Å². The molecule has 184 valence electrons. The SMILES string of the molecule is CCCCCCCCCCOC(=O)C(CC)(CC)C(=O)OCCCCCCCCCC. The van der Waals surface area contributed by atoms with Crippen molar-refractivity contribution >= 4 is 11.9 Å². The van der Waals surface area contributed by atoms with Gasteiger partial charge >= 0.3 is 11.9 Å². The third-order valence-corrected chi connectivity index (χ3v) is 6.45. The predicted octanol–water partition coefficient (Wildman–Crippen LogP) is 8.16. The number of unbranched alkanes of at least 4 members (excludes halogenated alkanes) is 14. The molecule has 0 amide bonds. The maximum absolute atomic E-state index is 12.7. The molecule has 0 rings (SSSR count). The fourth-order valence-corrected chi connectivity index (χ4v) is 3.99. The summed E-state index contributed by atoms with van der Waals surface area (Å²) in [5.74, 6) is -0.803. The van der Waals surface area contributed by atoms with Gasteiger partial charge in [0.2, 0.25) is 0 Å². The van der Waals surface area contributed by atoms with Crippen LogP contribution in [0.1, 0.15) is 143 Å². The van der Waals surface area contributed by atoms with Crippen LogP contribution in [0, 0.1) is 5.41 Å². The molecule has 0 saturated heterocycles. The Kier molecular flexibility index (Phi) is 20.1. The Balaban J connectivity index is 4.07. The number of hydrogen-bond donors (Lipinski definition) is 0. The zero-order valence-electron chi connectivity index (χ0n) is 21.3. The quantitative estimate of drug-likeness (QED) is 0.0967. The molecule has 0 fully saturated rings. The molecule has 0 N–H and O–H groups in total. The van der Waals surface area contributed by atoms with Crippen molar-refractivity contribution in [3.05, 3.63) is 0 Å². The molecule has 0 bridgehead atoms. The van der Waals surface area contributed by atoms with Gasteiger partial charge in [-0.3, -0.25) is 9.59 Å². The first-order valence-corrected chi connectivity index (χ1v) is 13.4. The second-order valence-corrected chi connectivity index (χ2v) is 9.01. The van der Waals surface area contributed by atoms with Crippen molar-refractivity contribution in [1.29, 1.82) is 0 Å². The highest BCUT2D eigenvalue weighted by molar-refractivity contribution is 5.99. The molecule has 0 aromatic carbocycles. The van der Waals surface area contributed by atoms with Crippen LogP contribution in [-0.2, 0) is 19.1 Å². The van der Waals surface area contributed by atoms with Crippen LogP contribution >= 0.6 is 0 Å². The molecule has 31 heavy (non-hydrogen) atoms. The molecule has 0 unspecified atom stereocenters. The van der Waals surface area contributed by atoms with Crippen molar-refractivity contribution < 1.29 is 19.1 Å². The van der Waals surface area contributed by atoms with Crippen LogP contribution in [0.4, 0.5) is 0 Å². The molecule has 0 radical (unpaired) electrons. The summed E-state index contributed by atoms with van der Waals surface area (Å²) in [6.45, 7) is 9.01. The van der Waals surface area contributed by atoms with Crippen LogP contribution in [0.5, 0.6) is 0 Å². The van der Waals surface area contributed by atoms with Gasteiger partial charge in [0.05, 0.1) is 13.2 Å². The normalized spacial score (nSPS) is 11.5. The Morgan fingerprint density at radius 3 is 1.06 bits per heavy atom. The zero-order valence-corrected chi connectivity index (χ0v) is 21.3. The summed E-state index contributed by atoms with van der Waals surface area (Å²) in [7, 11) is 0. The van der Waals surface area contributed by atoms with Crippen LogP contribution in [0.15, 0.2) is 0 Å². The number of carbonyl (C=O) groups is 2. The van der Waals surface area contributed by atoms with Gasteiger partial charge in [0, 0.05) is 0 Å². The maximum atomic E-state index is 12.7. The summed E-state index contributed by atoms with van der Waals surface area (Å²) < 4.78 is 11.0. The fraction of sp³-hybridized carbons (Fsp3) is 0.926. The Morgan fingerprint density at radius 1 is 0.484 bits per heavy atom. The van der Waals surface area contributed by atoms with Crippen molar-refractivity contribution in [2.75, 3.05) is 13.2 Å². The highest BCUT2D eigenvalue weighted by Gasteiger charge is 2.45. The average molecular weight is 441 g/mol. The van der Waals surface area contributed by atoms with Gasteiger partial charge in [0.15, 0.2) is 5.41 Å². The monoisotopic (exact) mass is 440 g/mol. The van der Waals surface area contributed by atoms with Crippen LogP contribution in [0.2, 0.25) is 0 Å². The van der Waals surface area contributed by atoms with Gasteiger partial charge in [-0.25, -0.2) is 0 Å². The second kappa shape index (κ2) is 20.8. The summed E-state index contributed by atoms with van der Waals surface area (Å²) in [4.78, 5) is 25.4. The molecule has 0 spiro atoms. The van der Waals surface area contributed by atoms with E-state index in [0.717, 1.165) is 25.7 Å². The highest BCUT2D eigenvalue weighted by Crippen LogP contribution is 2.30. The van der Waals surface area contributed by atoms with Crippen molar-refractivity contribution in [2.45, 2.75) is 143 Å². The van der Waals surface area contributed by atoms with Crippen molar-refractivity contribution in [2.24, 2.45) is 5.41 Å². The van der Waals surface area contributed by atoms with Crippen LogP contribution in [-0.4, -0.2) is 25.2 Å². The van der Waals surface area contributed by atoms with Crippen LogP contribution in [0.25, 0.3) is 0 Å². The average Bonchev–Trinajstić information content (AvgIpc) is 2.78. The Bertz CT molecular complexity index is 393. The molecule has 0 heterocycles. The molecule has 4 nitrogen and oxygen atoms in total. The van der Waals surface area contributed by atoms with Gasteiger partial charge < -0.3 is 9.47 Å². The summed E-state index contributed by atoms with van der Waals surface area (Å²) in [6.07, 6.45) is 20.1. The standard InChI is InChI=1S/C27H52O4/c1-5-9-11-13-15-17-19-21-23-30-25(28)27(7-3,8-4)26(29)31-24-22-20-18-16-14-12-10-6-2/h5-24H2,1-4H3. The van der Waals surface area contributed by atoms with Crippen molar-refractivity contribution in [3.8, 4) is 0 Å². The minimum Gasteiger partial charge on any atom is -0.465 e. The molecule has 4 heteroatoms. The third-order valence-electron chi connectivity index (χ3n) is 6.45. The minimum atomic E-state index is -1.14. The first-order chi connectivity index (χ1) is 15.1. The molecular formula is C27H52O4. The van der Waals surface area contributed by atoms with Crippen molar-refractivity contribution in [3.63, 3.8) is 0 Å². The molecule has 0 aromatic rings. The first kappa shape index (κ1) is 29.9. The summed E-state index contributed by atoms with van der Waals surface area (Å²) in [5.41, 5.74) is -1.14. The number of carbonyl (C=O) groups excluding carboxylic acids is 2. The van der Waals surface area contributed by atoms with E-state index in [9.17, 15) is 9.59 Å². The number of ether oxygens (including phenoxy) is 2. The summed E-state index contributed by atoms with van der Waals surface area (Å²) in [6, 6.07) is 0. The molecule has 0 aliphatic rings. The molecule has 0 aromatic heterocycles. The Labute approximate surface area is 193 Å². The van der Waals surface area contributed by atoms with Gasteiger partial charge in [0.25, 0.3) is 0 Å². The first-order valence-electron chi connectivity index (χ1n) is 13.4. The maximum Gasteiger partial charge on any atom is 0.323 e. The van der Waals surface area contributed by atoms with Gasteiger partial charge in [-0.15, -0.1) is 0 Å². The van der Waals surface area contributed by atoms with Gasteiger partial charge in [-0.1, -0.05) is 118 Å². The molecule has 0 aliphatic heterocycles. The topological polar surface area (TPSA) is 52.6 Å². The highest BCUT2D eigenvalue weighted by atomic mass is 16.6. The van der Waals surface area contributed by atoms with E-state index in [2.05, 4.69) is 13.8 Å². The fourth-order valence-electron chi connectivity index (χ4n) is 3.99. The van der Waals surface area contributed by atoms with Crippen LogP contribution in [0.3, 0.4) is 0 Å². The van der Waals surface area contributed by atoms with E-state index in [-0.39, 0.29) is 0 Å². The van der Waals surface area contributed by atoms with E-state index in [0.29, 0.717) is 26.1 Å². The third kappa shape index (κ3) is 13.9. The lowest BCUT2D eigenvalue weighted by molar-refractivity contribution is -0.173. The molecular weight excluding hydrogens is 388 g/mol. The second-order valence-electron chi connectivity index (χ2n) is 9.01. The molecule has 0 saturated carbocycles. The van der Waals surface area contributed by atoms with E-state index >= 15 is 0 Å². The van der Waals surface area contributed by atoms with Crippen LogP contribution < -0.4 is 0 Å². The van der Waals surface area contributed by atoms with Crippen molar-refractivity contribution in [1.82, 2.24) is 0 Å². The van der Waals surface area contributed by atoms with Gasteiger partial charge in [-0.05, 0) is 25.7 Å². The molecule has 0 aliphatic carbocycles. The lowest BCUT2D eigenvalue weighted by Gasteiger charge is -2.27. The largest absolute Gasteiger partial charge is 0.465 e. The minimum absolute atomic E-state index is 0.402. The predicted molar refractivity (Wildman–Crippen MR) is 130 cm³/mol. The zero-order chi connectivity index (χ0) is 23.2. The van der Waals surface area contributed by atoms with E-state index in [1.165, 1.54) is 77.0 Å². The smallest absolute Gasteiger partial charge is 0.323 e. The molecule has 0 atom stereocenters. The van der Waals surface area contributed by atoms with E-state index < -0.39 is 17.4 Å². The number of rotatable bonds is 22. The van der Waals surface area contributed by atoms with Gasteiger partial charge in [0.1, 0.15) is 0 Å². The summed E-state index contributed by atoms with van der Waals surface area (Å²) >= 11 is 0. The lowest BCUT2D eigenvalue weighted by Crippen LogP contribution is -2.41. The van der Waals surface area contributed by atoms with E-state index in [1.54, 1.807) is 0 Å². The Morgan fingerprint density at radius 2 is 0.774 bits per heavy atom. The number of esters is 2. The number of hydrogen-bond acceptors (Lipinski definition) is 4.